The van der Waals surface area contributed by atoms with Gasteiger partial charge in [-0.2, -0.15) is 13.2 Å². The van der Waals surface area contributed by atoms with Crippen LogP contribution >= 0.6 is 0 Å². The number of halogens is 4. The number of aromatic amines is 1. The van der Waals surface area contributed by atoms with Crippen molar-refractivity contribution in [3.63, 3.8) is 0 Å². The number of H-pyrrole nitrogens is 1. The number of hydrogen-bond donors (Lipinski definition) is 1. The Morgan fingerprint density at radius 1 is 1.25 bits per heavy atom. The maximum atomic E-state index is 13.1. The molecule has 84 valence electrons. The number of fused-ring (bicyclic) bond motifs is 1. The first kappa shape index (κ1) is 10.6. The van der Waals surface area contributed by atoms with Gasteiger partial charge in [0.05, 0.1) is 22.8 Å². The number of benzene rings is 1. The zero-order chi connectivity index (χ0) is 11.9. The molecule has 2 aromatic rings. The van der Waals surface area contributed by atoms with E-state index < -0.39 is 23.1 Å². The van der Waals surface area contributed by atoms with Crippen LogP contribution < -0.4 is 5.56 Å². The summed E-state index contributed by atoms with van der Waals surface area (Å²) in [5.41, 5.74) is -2.33. The molecule has 0 aliphatic heterocycles. The van der Waals surface area contributed by atoms with Crippen molar-refractivity contribution < 1.29 is 17.6 Å². The lowest BCUT2D eigenvalue weighted by Gasteiger charge is -2.08. The Kier molecular flexibility index (Phi) is 2.18. The van der Waals surface area contributed by atoms with E-state index in [0.29, 0.717) is 12.1 Å². The molecule has 0 aliphatic carbocycles. The van der Waals surface area contributed by atoms with Crippen LogP contribution in [0.1, 0.15) is 5.56 Å². The highest BCUT2D eigenvalue weighted by molar-refractivity contribution is 5.78. The van der Waals surface area contributed by atoms with Crippen molar-refractivity contribution in [3.05, 3.63) is 40.2 Å². The lowest BCUT2D eigenvalue weighted by Crippen LogP contribution is -2.12. The number of nitrogens with zero attached hydrogens (tertiary/aromatic N) is 1. The zero-order valence-electron chi connectivity index (χ0n) is 7.60. The minimum Gasteiger partial charge on any atom is -0.313 e. The fourth-order valence-electron chi connectivity index (χ4n) is 1.31. The van der Waals surface area contributed by atoms with Gasteiger partial charge in [0.25, 0.3) is 5.56 Å². The topological polar surface area (TPSA) is 45.8 Å². The second-order valence-corrected chi connectivity index (χ2v) is 3.08. The lowest BCUT2D eigenvalue weighted by molar-refractivity contribution is -0.139. The maximum Gasteiger partial charge on any atom is 0.419 e. The standard InChI is InChI=1S/C9H4F4N2O/c10-6-2-7-4(8(16)15-3-14-7)1-5(6)9(11,12)13/h1-3H,(H,14,15,16). The Labute approximate surface area is 85.7 Å². The van der Waals surface area contributed by atoms with E-state index in [1.165, 1.54) is 0 Å². The van der Waals surface area contributed by atoms with Gasteiger partial charge in [0.1, 0.15) is 5.82 Å². The number of aromatic nitrogens is 2. The fourth-order valence-corrected chi connectivity index (χ4v) is 1.31. The molecule has 1 aromatic heterocycles. The van der Waals surface area contributed by atoms with Crippen molar-refractivity contribution >= 4 is 10.9 Å². The minimum absolute atomic E-state index is 0.116. The third-order valence-corrected chi connectivity index (χ3v) is 2.03. The Balaban J connectivity index is 2.85. The summed E-state index contributed by atoms with van der Waals surface area (Å²) >= 11 is 0. The van der Waals surface area contributed by atoms with Gasteiger partial charge in [0, 0.05) is 6.07 Å². The highest BCUT2D eigenvalue weighted by Crippen LogP contribution is 2.32. The molecular weight excluding hydrogens is 228 g/mol. The molecular formula is C9H4F4N2O. The van der Waals surface area contributed by atoms with E-state index in [-0.39, 0.29) is 10.9 Å². The van der Waals surface area contributed by atoms with Crippen molar-refractivity contribution in [2.24, 2.45) is 0 Å². The van der Waals surface area contributed by atoms with Crippen LogP contribution in [0.2, 0.25) is 0 Å². The summed E-state index contributed by atoms with van der Waals surface area (Å²) < 4.78 is 50.1. The second-order valence-electron chi connectivity index (χ2n) is 3.08. The van der Waals surface area contributed by atoms with Crippen LogP contribution in [0.25, 0.3) is 10.9 Å². The Morgan fingerprint density at radius 2 is 1.94 bits per heavy atom. The molecule has 0 atom stereocenters. The van der Waals surface area contributed by atoms with Crippen molar-refractivity contribution in [2.45, 2.75) is 6.18 Å². The van der Waals surface area contributed by atoms with E-state index in [9.17, 15) is 22.4 Å². The third-order valence-electron chi connectivity index (χ3n) is 2.03. The molecule has 0 amide bonds. The predicted octanol–water partition coefficient (Wildman–Crippen LogP) is 2.08. The first-order valence-corrected chi connectivity index (χ1v) is 4.14. The average Bonchev–Trinajstić information content (AvgIpc) is 2.15. The highest BCUT2D eigenvalue weighted by Gasteiger charge is 2.34. The third kappa shape index (κ3) is 1.64. The van der Waals surface area contributed by atoms with Gasteiger partial charge < -0.3 is 4.98 Å². The summed E-state index contributed by atoms with van der Waals surface area (Å²) in [6.45, 7) is 0. The van der Waals surface area contributed by atoms with Gasteiger partial charge >= 0.3 is 6.18 Å². The molecule has 1 heterocycles. The number of hydrogen-bond acceptors (Lipinski definition) is 2. The molecule has 3 nitrogen and oxygen atoms in total. The Hall–Kier alpha value is -1.92. The van der Waals surface area contributed by atoms with E-state index in [1.54, 1.807) is 0 Å². The van der Waals surface area contributed by atoms with Gasteiger partial charge in [-0.15, -0.1) is 0 Å². The summed E-state index contributed by atoms with van der Waals surface area (Å²) in [5.74, 6) is -1.45. The Bertz CT molecular complexity index is 602. The fraction of sp³-hybridized carbons (Fsp3) is 0.111. The molecule has 0 bridgehead atoms. The average molecular weight is 232 g/mol. The van der Waals surface area contributed by atoms with Crippen molar-refractivity contribution in [3.8, 4) is 0 Å². The monoisotopic (exact) mass is 232 g/mol. The van der Waals surface area contributed by atoms with Crippen LogP contribution in [-0.2, 0) is 6.18 Å². The second kappa shape index (κ2) is 3.29. The van der Waals surface area contributed by atoms with Crippen molar-refractivity contribution in [1.29, 1.82) is 0 Å². The van der Waals surface area contributed by atoms with Crippen LogP contribution in [0.4, 0.5) is 17.6 Å². The normalized spacial score (nSPS) is 12.0. The molecule has 0 spiro atoms. The highest BCUT2D eigenvalue weighted by atomic mass is 19.4. The van der Waals surface area contributed by atoms with E-state index in [0.717, 1.165) is 6.33 Å². The van der Waals surface area contributed by atoms with Crippen LogP contribution in [0.3, 0.4) is 0 Å². The first-order valence-electron chi connectivity index (χ1n) is 4.14. The van der Waals surface area contributed by atoms with Gasteiger partial charge in [0.15, 0.2) is 0 Å². The van der Waals surface area contributed by atoms with E-state index in [1.807, 2.05) is 0 Å². The molecule has 16 heavy (non-hydrogen) atoms. The van der Waals surface area contributed by atoms with Gasteiger partial charge in [-0.1, -0.05) is 0 Å². The molecule has 0 fully saturated rings. The molecule has 0 radical (unpaired) electrons. The quantitative estimate of drug-likeness (QED) is 0.707. The SMILES string of the molecule is O=c1[nH]cnc2cc(F)c(C(F)(F)F)cc12. The van der Waals surface area contributed by atoms with Crippen LogP contribution in [0.15, 0.2) is 23.3 Å². The molecule has 7 heteroatoms. The summed E-state index contributed by atoms with van der Waals surface area (Å²) in [7, 11) is 0. The van der Waals surface area contributed by atoms with Gasteiger partial charge in [0.2, 0.25) is 0 Å². The lowest BCUT2D eigenvalue weighted by atomic mass is 10.1. The molecule has 0 unspecified atom stereocenters. The molecule has 1 aromatic carbocycles. The van der Waals surface area contributed by atoms with Crippen molar-refractivity contribution in [1.82, 2.24) is 9.97 Å². The minimum atomic E-state index is -4.83. The summed E-state index contributed by atoms with van der Waals surface area (Å²) in [6.07, 6.45) is -3.84. The van der Waals surface area contributed by atoms with Crippen LogP contribution in [0, 0.1) is 5.82 Å². The van der Waals surface area contributed by atoms with Crippen LogP contribution in [0.5, 0.6) is 0 Å². The van der Waals surface area contributed by atoms with Gasteiger partial charge in [-0.25, -0.2) is 9.37 Å². The number of nitrogens with one attached hydrogen (secondary N) is 1. The maximum absolute atomic E-state index is 13.1. The van der Waals surface area contributed by atoms with Gasteiger partial charge in [-0.05, 0) is 6.07 Å². The largest absolute Gasteiger partial charge is 0.419 e. The zero-order valence-corrected chi connectivity index (χ0v) is 7.60. The summed E-state index contributed by atoms with van der Waals surface area (Å²) in [5, 5.41) is -0.295. The molecule has 0 saturated carbocycles. The smallest absolute Gasteiger partial charge is 0.313 e. The van der Waals surface area contributed by atoms with Crippen molar-refractivity contribution in [2.75, 3.05) is 0 Å². The molecule has 1 N–H and O–H groups in total. The summed E-state index contributed by atoms with van der Waals surface area (Å²) in [6, 6.07) is 1.05. The predicted molar refractivity (Wildman–Crippen MR) is 47.3 cm³/mol. The van der Waals surface area contributed by atoms with Gasteiger partial charge in [-0.3, -0.25) is 4.79 Å². The molecule has 2 rings (SSSR count). The van der Waals surface area contributed by atoms with E-state index in [4.69, 9.17) is 0 Å². The Morgan fingerprint density at radius 3 is 2.56 bits per heavy atom. The van der Waals surface area contributed by atoms with E-state index in [2.05, 4.69) is 9.97 Å². The number of alkyl halides is 3. The summed E-state index contributed by atoms with van der Waals surface area (Å²) in [4.78, 5) is 16.9. The first-order chi connectivity index (χ1) is 7.39. The molecule has 0 aliphatic rings. The van der Waals surface area contributed by atoms with Crippen LogP contribution in [-0.4, -0.2) is 9.97 Å². The number of rotatable bonds is 0. The van der Waals surface area contributed by atoms with E-state index >= 15 is 0 Å². The molecule has 0 saturated heterocycles.